The topological polar surface area (TPSA) is 31.2 Å². The summed E-state index contributed by atoms with van der Waals surface area (Å²) in [7, 11) is 0. The number of hydrogen-bond donors (Lipinski definition) is 0. The Kier molecular flexibility index (Phi) is 5.34. The Morgan fingerprint density at radius 3 is 2.50 bits per heavy atom. The van der Waals surface area contributed by atoms with E-state index in [0.717, 1.165) is 56.4 Å². The van der Waals surface area contributed by atoms with Gasteiger partial charge in [-0.2, -0.15) is 0 Å². The molecule has 0 aromatic heterocycles. The molecule has 2 aliphatic heterocycles. The molecule has 2 aliphatic rings. The second-order valence-electron chi connectivity index (χ2n) is 6.73. The predicted molar refractivity (Wildman–Crippen MR) is 101 cm³/mol. The second-order valence-corrected chi connectivity index (χ2v) is 6.73. The molecule has 0 saturated carbocycles. The van der Waals surface area contributed by atoms with Crippen molar-refractivity contribution >= 4 is 11.7 Å². The van der Waals surface area contributed by atoms with Crippen molar-refractivity contribution in [1.29, 1.82) is 0 Å². The van der Waals surface area contributed by atoms with E-state index in [0.29, 0.717) is 5.92 Å². The average Bonchev–Trinajstić information content (AvgIpc) is 3.01. The summed E-state index contributed by atoms with van der Waals surface area (Å²) in [6.45, 7) is 9.70. The first-order valence-corrected chi connectivity index (χ1v) is 9.13. The van der Waals surface area contributed by atoms with Gasteiger partial charge >= 0.3 is 0 Å². The quantitative estimate of drug-likeness (QED) is 0.761. The van der Waals surface area contributed by atoms with Crippen LogP contribution in [-0.4, -0.2) is 41.2 Å². The highest BCUT2D eigenvalue weighted by molar-refractivity contribution is 6.12. The molecule has 2 heterocycles. The molecule has 3 rings (SSSR count). The fraction of sp³-hybridized carbons (Fsp3) is 0.500. The number of rotatable bonds is 7. The fourth-order valence-corrected chi connectivity index (χ4v) is 3.33. The highest BCUT2D eigenvalue weighted by Gasteiger charge is 2.29. The number of aliphatic imine (C=N–C) groups is 2. The van der Waals surface area contributed by atoms with E-state index in [-0.39, 0.29) is 0 Å². The molecule has 0 radical (unpaired) electrons. The maximum Gasteiger partial charge on any atom is 0.159 e. The third kappa shape index (κ3) is 3.69. The van der Waals surface area contributed by atoms with Crippen molar-refractivity contribution in [1.82, 2.24) is 9.80 Å². The van der Waals surface area contributed by atoms with Gasteiger partial charge in [0.2, 0.25) is 0 Å². The van der Waals surface area contributed by atoms with Crippen LogP contribution in [0.5, 0.6) is 0 Å². The number of amidine groups is 2. The molecule has 0 saturated heterocycles. The van der Waals surface area contributed by atoms with Gasteiger partial charge in [-0.25, -0.2) is 9.98 Å². The summed E-state index contributed by atoms with van der Waals surface area (Å²) < 4.78 is 0. The molecule has 0 spiro atoms. The van der Waals surface area contributed by atoms with Crippen LogP contribution in [0.15, 0.2) is 52.2 Å². The molecule has 0 N–H and O–H groups in total. The average molecular weight is 324 g/mol. The Labute approximate surface area is 145 Å². The normalized spacial score (nSPS) is 18.0. The standard InChI is InChI=1S/C20H28N4/c1-4-11-23-14-18-20(24(15-23)12-5-2)22-19(21-18)16(3)13-17-9-7-6-8-10-17/h6-10,14,16H,4-5,11-13,15H2,1-3H3/t16-/m1/s1. The van der Waals surface area contributed by atoms with Crippen LogP contribution in [0, 0.1) is 5.92 Å². The van der Waals surface area contributed by atoms with Gasteiger partial charge in [-0.3, -0.25) is 0 Å². The third-order valence-electron chi connectivity index (χ3n) is 4.47. The number of fused-ring (bicyclic) bond motifs is 1. The molecule has 1 atom stereocenters. The van der Waals surface area contributed by atoms with Crippen molar-refractivity contribution in [3.63, 3.8) is 0 Å². The summed E-state index contributed by atoms with van der Waals surface area (Å²) in [4.78, 5) is 14.5. The van der Waals surface area contributed by atoms with Crippen molar-refractivity contribution in [2.24, 2.45) is 15.9 Å². The fourth-order valence-electron chi connectivity index (χ4n) is 3.33. The van der Waals surface area contributed by atoms with E-state index in [1.54, 1.807) is 0 Å². The largest absolute Gasteiger partial charge is 0.358 e. The molecule has 1 aromatic rings. The molecule has 0 unspecified atom stereocenters. The van der Waals surface area contributed by atoms with Gasteiger partial charge in [0.15, 0.2) is 5.84 Å². The van der Waals surface area contributed by atoms with E-state index in [4.69, 9.17) is 9.98 Å². The summed E-state index contributed by atoms with van der Waals surface area (Å²) >= 11 is 0. The summed E-state index contributed by atoms with van der Waals surface area (Å²) in [5, 5.41) is 0. The van der Waals surface area contributed by atoms with Crippen molar-refractivity contribution in [3.05, 3.63) is 47.8 Å². The predicted octanol–water partition coefficient (Wildman–Crippen LogP) is 3.91. The van der Waals surface area contributed by atoms with Crippen LogP contribution >= 0.6 is 0 Å². The molecule has 1 aromatic carbocycles. The van der Waals surface area contributed by atoms with Crippen LogP contribution in [0.25, 0.3) is 0 Å². The molecule has 0 bridgehead atoms. The van der Waals surface area contributed by atoms with Gasteiger partial charge in [0.25, 0.3) is 0 Å². The molecule has 4 nitrogen and oxygen atoms in total. The van der Waals surface area contributed by atoms with Gasteiger partial charge in [-0.05, 0) is 24.8 Å². The van der Waals surface area contributed by atoms with E-state index < -0.39 is 0 Å². The molecular weight excluding hydrogens is 296 g/mol. The third-order valence-corrected chi connectivity index (χ3v) is 4.47. The summed E-state index contributed by atoms with van der Waals surface area (Å²) in [5.41, 5.74) is 2.38. The molecule has 128 valence electrons. The zero-order chi connectivity index (χ0) is 16.9. The summed E-state index contributed by atoms with van der Waals surface area (Å²) in [6, 6.07) is 10.6. The minimum Gasteiger partial charge on any atom is -0.358 e. The first kappa shape index (κ1) is 16.7. The monoisotopic (exact) mass is 324 g/mol. The van der Waals surface area contributed by atoms with Crippen molar-refractivity contribution in [3.8, 4) is 0 Å². The Balaban J connectivity index is 1.78. The highest BCUT2D eigenvalue weighted by atomic mass is 15.4. The molecule has 4 heteroatoms. The van der Waals surface area contributed by atoms with E-state index >= 15 is 0 Å². The number of hydrogen-bond acceptors (Lipinski definition) is 4. The molecular formula is C20H28N4. The number of benzene rings is 1. The first-order valence-electron chi connectivity index (χ1n) is 9.13. The first-order chi connectivity index (χ1) is 11.7. The van der Waals surface area contributed by atoms with Crippen LogP contribution in [-0.2, 0) is 6.42 Å². The van der Waals surface area contributed by atoms with Crippen LogP contribution in [0.4, 0.5) is 0 Å². The molecule has 24 heavy (non-hydrogen) atoms. The minimum absolute atomic E-state index is 0.328. The Hall–Kier alpha value is -2.10. The molecule has 0 fully saturated rings. The van der Waals surface area contributed by atoms with Gasteiger partial charge < -0.3 is 9.80 Å². The van der Waals surface area contributed by atoms with E-state index in [1.807, 2.05) is 0 Å². The van der Waals surface area contributed by atoms with Crippen LogP contribution < -0.4 is 0 Å². The van der Waals surface area contributed by atoms with Gasteiger partial charge in [0.05, 0.1) is 6.67 Å². The highest BCUT2D eigenvalue weighted by Crippen LogP contribution is 2.24. The lowest BCUT2D eigenvalue weighted by Crippen LogP contribution is -2.44. The van der Waals surface area contributed by atoms with Gasteiger partial charge in [0.1, 0.15) is 11.5 Å². The van der Waals surface area contributed by atoms with Gasteiger partial charge in [-0.15, -0.1) is 0 Å². The van der Waals surface area contributed by atoms with Crippen molar-refractivity contribution < 1.29 is 0 Å². The van der Waals surface area contributed by atoms with Crippen LogP contribution in [0.2, 0.25) is 0 Å². The summed E-state index contributed by atoms with van der Waals surface area (Å²) in [6.07, 6.45) is 5.45. The summed E-state index contributed by atoms with van der Waals surface area (Å²) in [5.74, 6) is 2.37. The van der Waals surface area contributed by atoms with Crippen LogP contribution in [0.1, 0.15) is 39.2 Å². The lowest BCUT2D eigenvalue weighted by molar-refractivity contribution is 0.235. The van der Waals surface area contributed by atoms with E-state index in [1.165, 1.54) is 5.56 Å². The van der Waals surface area contributed by atoms with E-state index in [9.17, 15) is 0 Å². The lowest BCUT2D eigenvalue weighted by atomic mass is 10.0. The van der Waals surface area contributed by atoms with Gasteiger partial charge in [-0.1, -0.05) is 51.1 Å². The smallest absolute Gasteiger partial charge is 0.159 e. The lowest BCUT2D eigenvalue weighted by Gasteiger charge is -2.35. The Morgan fingerprint density at radius 2 is 1.79 bits per heavy atom. The van der Waals surface area contributed by atoms with Gasteiger partial charge in [0, 0.05) is 25.2 Å². The second kappa shape index (κ2) is 7.65. The van der Waals surface area contributed by atoms with Crippen molar-refractivity contribution in [2.75, 3.05) is 19.8 Å². The number of nitrogens with zero attached hydrogens (tertiary/aromatic N) is 4. The molecule has 0 aliphatic carbocycles. The minimum atomic E-state index is 0.328. The van der Waals surface area contributed by atoms with Crippen molar-refractivity contribution in [2.45, 2.75) is 40.0 Å². The zero-order valence-electron chi connectivity index (χ0n) is 15.1. The zero-order valence-corrected chi connectivity index (χ0v) is 15.1. The Bertz CT molecular complexity index is 645. The SMILES string of the molecule is CCCN1C=C2N=C([C@H](C)Cc3ccccc3)N=C2N(CCC)C1. The maximum absolute atomic E-state index is 4.90. The van der Waals surface area contributed by atoms with Crippen LogP contribution in [0.3, 0.4) is 0 Å². The Morgan fingerprint density at radius 1 is 1.04 bits per heavy atom. The molecule has 0 amide bonds. The maximum atomic E-state index is 4.90. The van der Waals surface area contributed by atoms with E-state index in [2.05, 4.69) is 67.1 Å².